The summed E-state index contributed by atoms with van der Waals surface area (Å²) in [6.07, 6.45) is 0. The molecule has 114 valence electrons. The van der Waals surface area contributed by atoms with Crippen molar-refractivity contribution >= 4 is 40.6 Å². The van der Waals surface area contributed by atoms with Crippen LogP contribution in [0.2, 0.25) is 10.0 Å². The van der Waals surface area contributed by atoms with Crippen LogP contribution in [-0.4, -0.2) is 18.3 Å². The van der Waals surface area contributed by atoms with Crippen LogP contribution in [0.1, 0.15) is 17.3 Å². The second-order valence-corrected chi connectivity index (χ2v) is 5.36. The SMILES string of the molecule is CC(=O)c1ccccc1OCC(=O)Nc1ccc(Cl)cc1Cl. The molecule has 1 amide bonds. The zero-order chi connectivity index (χ0) is 16.1. The highest BCUT2D eigenvalue weighted by molar-refractivity contribution is 6.36. The molecule has 0 aromatic heterocycles. The van der Waals surface area contributed by atoms with Gasteiger partial charge in [-0.3, -0.25) is 9.59 Å². The highest BCUT2D eigenvalue weighted by atomic mass is 35.5. The van der Waals surface area contributed by atoms with Crippen molar-refractivity contribution in [2.24, 2.45) is 0 Å². The summed E-state index contributed by atoms with van der Waals surface area (Å²) in [5, 5.41) is 3.44. The third-order valence-electron chi connectivity index (χ3n) is 2.83. The third-order valence-corrected chi connectivity index (χ3v) is 3.38. The topological polar surface area (TPSA) is 55.4 Å². The molecule has 0 saturated heterocycles. The zero-order valence-electron chi connectivity index (χ0n) is 11.7. The van der Waals surface area contributed by atoms with Crippen LogP contribution in [0.25, 0.3) is 0 Å². The normalized spacial score (nSPS) is 10.1. The van der Waals surface area contributed by atoms with Gasteiger partial charge in [0.15, 0.2) is 12.4 Å². The summed E-state index contributed by atoms with van der Waals surface area (Å²) in [6.45, 7) is 1.21. The lowest BCUT2D eigenvalue weighted by molar-refractivity contribution is -0.118. The minimum Gasteiger partial charge on any atom is -0.483 e. The van der Waals surface area contributed by atoms with Crippen LogP contribution in [0.3, 0.4) is 0 Å². The fraction of sp³-hybridized carbons (Fsp3) is 0.125. The number of ether oxygens (including phenoxy) is 1. The Morgan fingerprint density at radius 2 is 1.86 bits per heavy atom. The molecule has 0 fully saturated rings. The van der Waals surface area contributed by atoms with E-state index < -0.39 is 0 Å². The van der Waals surface area contributed by atoms with Crippen LogP contribution >= 0.6 is 23.2 Å². The lowest BCUT2D eigenvalue weighted by Crippen LogP contribution is -2.21. The van der Waals surface area contributed by atoms with Crippen molar-refractivity contribution < 1.29 is 14.3 Å². The molecule has 1 N–H and O–H groups in total. The fourth-order valence-electron chi connectivity index (χ4n) is 1.80. The number of para-hydroxylation sites is 1. The van der Waals surface area contributed by atoms with E-state index in [1.54, 1.807) is 36.4 Å². The molecule has 0 unspecified atom stereocenters. The predicted octanol–water partition coefficient (Wildman–Crippen LogP) is 4.21. The van der Waals surface area contributed by atoms with Gasteiger partial charge in [-0.2, -0.15) is 0 Å². The molecular weight excluding hydrogens is 325 g/mol. The van der Waals surface area contributed by atoms with Gasteiger partial charge in [0, 0.05) is 5.02 Å². The number of rotatable bonds is 5. The zero-order valence-corrected chi connectivity index (χ0v) is 13.2. The van der Waals surface area contributed by atoms with Crippen molar-refractivity contribution in [2.45, 2.75) is 6.92 Å². The maximum Gasteiger partial charge on any atom is 0.262 e. The van der Waals surface area contributed by atoms with E-state index in [-0.39, 0.29) is 18.3 Å². The molecule has 6 heteroatoms. The molecule has 2 rings (SSSR count). The van der Waals surface area contributed by atoms with Gasteiger partial charge in [0.05, 0.1) is 16.3 Å². The van der Waals surface area contributed by atoms with Crippen molar-refractivity contribution in [3.63, 3.8) is 0 Å². The van der Waals surface area contributed by atoms with Crippen LogP contribution in [-0.2, 0) is 4.79 Å². The number of benzene rings is 2. The molecule has 0 atom stereocenters. The second kappa shape index (κ2) is 7.29. The van der Waals surface area contributed by atoms with Gasteiger partial charge in [-0.15, -0.1) is 0 Å². The summed E-state index contributed by atoms with van der Waals surface area (Å²) in [5.41, 5.74) is 0.874. The van der Waals surface area contributed by atoms with Crippen LogP contribution in [0.4, 0.5) is 5.69 Å². The van der Waals surface area contributed by atoms with Crippen molar-refractivity contribution in [3.8, 4) is 5.75 Å². The molecule has 4 nitrogen and oxygen atoms in total. The standard InChI is InChI=1S/C16H13Cl2NO3/c1-10(20)12-4-2-3-5-15(12)22-9-16(21)19-14-7-6-11(17)8-13(14)18/h2-8H,9H2,1H3,(H,19,21). The smallest absolute Gasteiger partial charge is 0.262 e. The molecular formula is C16H13Cl2NO3. The van der Waals surface area contributed by atoms with Crippen molar-refractivity contribution in [1.82, 2.24) is 0 Å². The summed E-state index contributed by atoms with van der Waals surface area (Å²) in [5.74, 6) is -0.147. The molecule has 0 aliphatic rings. The largest absolute Gasteiger partial charge is 0.483 e. The number of amides is 1. The Labute approximate surface area is 138 Å². The minimum atomic E-state index is -0.387. The number of nitrogens with one attached hydrogen (secondary N) is 1. The maximum absolute atomic E-state index is 11.9. The van der Waals surface area contributed by atoms with Crippen LogP contribution in [0.15, 0.2) is 42.5 Å². The van der Waals surface area contributed by atoms with Gasteiger partial charge in [0.25, 0.3) is 5.91 Å². The first-order valence-electron chi connectivity index (χ1n) is 6.45. The molecule has 2 aromatic rings. The van der Waals surface area contributed by atoms with Crippen LogP contribution in [0.5, 0.6) is 5.75 Å². The van der Waals surface area contributed by atoms with Crippen molar-refractivity contribution in [1.29, 1.82) is 0 Å². The average molecular weight is 338 g/mol. The minimum absolute atomic E-state index is 0.128. The molecule has 0 radical (unpaired) electrons. The third kappa shape index (κ3) is 4.23. The second-order valence-electron chi connectivity index (χ2n) is 4.51. The Morgan fingerprint density at radius 1 is 1.14 bits per heavy atom. The number of anilines is 1. The van der Waals surface area contributed by atoms with Gasteiger partial charge < -0.3 is 10.1 Å². The molecule has 0 bridgehead atoms. The van der Waals surface area contributed by atoms with Crippen LogP contribution in [0, 0.1) is 0 Å². The van der Waals surface area contributed by atoms with Gasteiger partial charge in [0.2, 0.25) is 0 Å². The Bertz CT molecular complexity index is 716. The molecule has 2 aromatic carbocycles. The van der Waals surface area contributed by atoms with Gasteiger partial charge in [0.1, 0.15) is 5.75 Å². The number of ketones is 1. The number of hydrogen-bond acceptors (Lipinski definition) is 3. The van der Waals surface area contributed by atoms with Gasteiger partial charge in [-0.1, -0.05) is 35.3 Å². The van der Waals surface area contributed by atoms with E-state index in [4.69, 9.17) is 27.9 Å². The van der Waals surface area contributed by atoms with Crippen molar-refractivity contribution in [2.75, 3.05) is 11.9 Å². The summed E-state index contributed by atoms with van der Waals surface area (Å²) in [6, 6.07) is 11.5. The van der Waals surface area contributed by atoms with E-state index >= 15 is 0 Å². The fourth-order valence-corrected chi connectivity index (χ4v) is 2.26. The van der Waals surface area contributed by atoms with E-state index in [2.05, 4.69) is 5.32 Å². The first-order valence-corrected chi connectivity index (χ1v) is 7.20. The summed E-state index contributed by atoms with van der Waals surface area (Å²) in [7, 11) is 0. The summed E-state index contributed by atoms with van der Waals surface area (Å²) >= 11 is 11.8. The number of carbonyl (C=O) groups excluding carboxylic acids is 2. The first-order chi connectivity index (χ1) is 10.5. The predicted molar refractivity (Wildman–Crippen MR) is 87.0 cm³/mol. The number of hydrogen-bond donors (Lipinski definition) is 1. The van der Waals surface area contributed by atoms with E-state index in [1.807, 2.05) is 0 Å². The lowest BCUT2D eigenvalue weighted by Gasteiger charge is -2.11. The van der Waals surface area contributed by atoms with Gasteiger partial charge in [-0.05, 0) is 37.3 Å². The van der Waals surface area contributed by atoms with Gasteiger partial charge >= 0.3 is 0 Å². The summed E-state index contributed by atoms with van der Waals surface area (Å²) < 4.78 is 5.39. The van der Waals surface area contributed by atoms with E-state index in [9.17, 15) is 9.59 Å². The Balaban J connectivity index is 2.00. The van der Waals surface area contributed by atoms with Gasteiger partial charge in [-0.25, -0.2) is 0 Å². The van der Waals surface area contributed by atoms with E-state index in [0.29, 0.717) is 27.0 Å². The molecule has 0 saturated carbocycles. The van der Waals surface area contributed by atoms with E-state index in [0.717, 1.165) is 0 Å². The lowest BCUT2D eigenvalue weighted by atomic mass is 10.1. The highest BCUT2D eigenvalue weighted by Crippen LogP contribution is 2.25. The van der Waals surface area contributed by atoms with E-state index in [1.165, 1.54) is 13.0 Å². The van der Waals surface area contributed by atoms with Crippen LogP contribution < -0.4 is 10.1 Å². The number of Topliss-reactive ketones (excluding diaryl/α,β-unsaturated/α-hetero) is 1. The highest BCUT2D eigenvalue weighted by Gasteiger charge is 2.11. The number of halogens is 2. The summed E-state index contributed by atoms with van der Waals surface area (Å²) in [4.78, 5) is 23.4. The Morgan fingerprint density at radius 3 is 2.55 bits per heavy atom. The molecule has 0 spiro atoms. The molecule has 0 aliphatic carbocycles. The average Bonchev–Trinajstić information content (AvgIpc) is 2.48. The molecule has 22 heavy (non-hydrogen) atoms. The number of carbonyl (C=O) groups is 2. The maximum atomic E-state index is 11.9. The monoisotopic (exact) mass is 337 g/mol. The Kier molecular flexibility index (Phi) is 5.41. The Hall–Kier alpha value is -2.04. The molecule has 0 heterocycles. The first kappa shape index (κ1) is 16.3. The quantitative estimate of drug-likeness (QED) is 0.831. The molecule has 0 aliphatic heterocycles. The van der Waals surface area contributed by atoms with Crippen molar-refractivity contribution in [3.05, 3.63) is 58.1 Å².